The summed E-state index contributed by atoms with van der Waals surface area (Å²) in [4.78, 5) is 32.4. The molecule has 0 saturated carbocycles. The van der Waals surface area contributed by atoms with E-state index in [0.29, 0.717) is 12.1 Å². The minimum atomic E-state index is -4.70. The number of nitrogens with one attached hydrogen (secondary N) is 2. The van der Waals surface area contributed by atoms with E-state index in [1.807, 2.05) is 0 Å². The van der Waals surface area contributed by atoms with Gasteiger partial charge in [0.1, 0.15) is 12.9 Å². The van der Waals surface area contributed by atoms with Gasteiger partial charge < -0.3 is 10.6 Å². The second kappa shape index (κ2) is 11.2. The number of halogens is 7. The van der Waals surface area contributed by atoms with Gasteiger partial charge in [0, 0.05) is 16.8 Å². The minimum absolute atomic E-state index is 0. The Morgan fingerprint density at radius 3 is 2.31 bits per heavy atom. The summed E-state index contributed by atoms with van der Waals surface area (Å²) in [7, 11) is 0. The Labute approximate surface area is 211 Å². The van der Waals surface area contributed by atoms with Gasteiger partial charge in [0.2, 0.25) is 0 Å². The zero-order valence-corrected chi connectivity index (χ0v) is 19.8. The van der Waals surface area contributed by atoms with Gasteiger partial charge in [-0.05, 0) is 37.3 Å². The second-order valence-electron chi connectivity index (χ2n) is 7.15. The van der Waals surface area contributed by atoms with E-state index in [0.717, 1.165) is 18.6 Å². The van der Waals surface area contributed by atoms with Gasteiger partial charge in [0.15, 0.2) is 11.6 Å². The summed E-state index contributed by atoms with van der Waals surface area (Å²) in [5, 5.41) is 7.89. The lowest BCUT2D eigenvalue weighted by Gasteiger charge is -2.15. The van der Waals surface area contributed by atoms with Gasteiger partial charge in [-0.25, -0.2) is 9.97 Å². The molecule has 0 unspecified atom stereocenters. The first-order valence-corrected chi connectivity index (χ1v) is 10.0. The molecule has 3 aromatic rings. The first kappa shape index (κ1) is 28.9. The third-order valence-electron chi connectivity index (χ3n) is 4.47. The number of carbonyl (C=O) groups is 2. The minimum Gasteiger partial charge on any atom is -0.343 e. The number of benzene rings is 1. The molecule has 0 fully saturated rings. The predicted octanol–water partition coefficient (Wildman–Crippen LogP) is 4.23. The number of pyridine rings is 1. The lowest BCUT2D eigenvalue weighted by molar-refractivity contribution is -0.137. The van der Waals surface area contributed by atoms with Crippen LogP contribution in [0.5, 0.6) is 0 Å². The number of hydrogen-bond acceptors (Lipinski definition) is 5. The fraction of sp³-hybridized carbons (Fsp3) is 0.250. The van der Waals surface area contributed by atoms with Crippen LogP contribution in [0.25, 0.3) is 5.82 Å². The van der Waals surface area contributed by atoms with Crippen LogP contribution in [0.1, 0.15) is 45.1 Å². The molecular weight excluding hydrogens is 538 g/mol. The van der Waals surface area contributed by atoms with Gasteiger partial charge >= 0.3 is 12.4 Å². The van der Waals surface area contributed by atoms with Crippen LogP contribution in [-0.2, 0) is 6.18 Å². The van der Waals surface area contributed by atoms with Crippen molar-refractivity contribution in [2.24, 2.45) is 0 Å². The monoisotopic (exact) mass is 554 g/mol. The van der Waals surface area contributed by atoms with Gasteiger partial charge in [-0.15, -0.1) is 0 Å². The van der Waals surface area contributed by atoms with Crippen LogP contribution in [0.4, 0.5) is 26.3 Å². The summed E-state index contributed by atoms with van der Waals surface area (Å²) in [6, 6.07) is 4.07. The van der Waals surface area contributed by atoms with Crippen molar-refractivity contribution < 1.29 is 35.9 Å². The molecule has 1 aromatic carbocycles. The maximum atomic E-state index is 13.0. The Hall–Kier alpha value is -3.33. The topological polar surface area (TPSA) is 102 Å². The Kier molecular flexibility index (Phi) is 8.96. The molecule has 2 amide bonds. The van der Waals surface area contributed by atoms with Crippen LogP contribution < -0.4 is 10.6 Å². The van der Waals surface area contributed by atoms with E-state index in [4.69, 9.17) is 11.6 Å². The van der Waals surface area contributed by atoms with Crippen LogP contribution in [0.15, 0.2) is 42.9 Å². The van der Waals surface area contributed by atoms with Crippen molar-refractivity contribution in [1.29, 1.82) is 0 Å². The Morgan fingerprint density at radius 1 is 1.03 bits per heavy atom. The van der Waals surface area contributed by atoms with E-state index in [2.05, 4.69) is 20.4 Å². The number of carbonyl (C=O) groups excluding carboxylic acids is 2. The van der Waals surface area contributed by atoms with Crippen LogP contribution in [0, 0.1) is 0 Å². The summed E-state index contributed by atoms with van der Waals surface area (Å²) in [5.74, 6) is -1.59. The molecule has 0 bridgehead atoms. The van der Waals surface area contributed by atoms with Crippen molar-refractivity contribution in [3.63, 3.8) is 0 Å². The zero-order valence-electron chi connectivity index (χ0n) is 18.1. The van der Waals surface area contributed by atoms with E-state index in [1.165, 1.54) is 23.7 Å². The molecule has 8 nitrogen and oxygen atoms in total. The smallest absolute Gasteiger partial charge is 0.343 e. The largest absolute Gasteiger partial charge is 0.416 e. The highest BCUT2D eigenvalue weighted by molar-refractivity contribution is 7.59. The van der Waals surface area contributed by atoms with E-state index in [-0.39, 0.29) is 41.3 Å². The lowest BCUT2D eigenvalue weighted by Crippen LogP contribution is -2.33. The van der Waals surface area contributed by atoms with Crippen LogP contribution >= 0.6 is 25.1 Å². The molecule has 0 aliphatic carbocycles. The maximum Gasteiger partial charge on any atom is 0.416 e. The van der Waals surface area contributed by atoms with Gasteiger partial charge in [0.25, 0.3) is 11.8 Å². The third-order valence-corrected chi connectivity index (χ3v) is 4.69. The molecule has 0 radical (unpaired) electrons. The molecule has 1 atom stereocenters. The second-order valence-corrected chi connectivity index (χ2v) is 7.59. The van der Waals surface area contributed by atoms with Gasteiger partial charge in [-0.3, -0.25) is 9.59 Å². The SMILES string of the molecule is C[C@H](NC(=O)c1cc(Cl)cc(C(F)(F)F)c1)c1ncnn1-c1ccc(C(=O)NCC(F)(F)F)cn1.S. The van der Waals surface area contributed by atoms with Crippen molar-refractivity contribution in [3.05, 3.63) is 70.4 Å². The normalized spacial score (nSPS) is 12.4. The first-order valence-electron chi connectivity index (χ1n) is 9.64. The fourth-order valence-corrected chi connectivity index (χ4v) is 3.11. The van der Waals surface area contributed by atoms with Gasteiger partial charge in [-0.2, -0.15) is 49.6 Å². The highest BCUT2D eigenvalue weighted by Gasteiger charge is 2.32. The lowest BCUT2D eigenvalue weighted by atomic mass is 10.1. The number of alkyl halides is 6. The number of nitrogens with zero attached hydrogens (tertiary/aromatic N) is 4. The van der Waals surface area contributed by atoms with Gasteiger partial charge in [-0.1, -0.05) is 11.6 Å². The molecule has 2 heterocycles. The highest BCUT2D eigenvalue weighted by atomic mass is 35.5. The standard InChI is InChI=1S/C20H15ClF6N6O2.H2S/c1-10(32-18(35)12-4-13(20(25,26)27)6-14(21)5-12)16-30-9-31-33(16)15-3-2-11(7-28-15)17(34)29-8-19(22,23)24;/h2-7,9-10H,8H2,1H3,(H,29,34)(H,32,35);1H2/t10-;/m0./s1. The molecular formula is C20H17ClF6N6O2S. The molecule has 0 aliphatic heterocycles. The number of rotatable bonds is 6. The number of hydrogen-bond donors (Lipinski definition) is 2. The van der Waals surface area contributed by atoms with Crippen LogP contribution in [-0.4, -0.2) is 44.3 Å². The number of aromatic nitrogens is 4. The molecule has 2 N–H and O–H groups in total. The summed E-state index contributed by atoms with van der Waals surface area (Å²) in [6.45, 7) is -0.0122. The summed E-state index contributed by atoms with van der Waals surface area (Å²) in [5.41, 5.74) is -1.55. The molecule has 0 spiro atoms. The van der Waals surface area contributed by atoms with E-state index in [9.17, 15) is 35.9 Å². The molecule has 16 heteroatoms. The quantitative estimate of drug-likeness (QED) is 0.444. The van der Waals surface area contributed by atoms with Crippen molar-refractivity contribution in [3.8, 4) is 5.82 Å². The van der Waals surface area contributed by atoms with Crippen molar-refractivity contribution >= 4 is 36.9 Å². The van der Waals surface area contributed by atoms with Crippen LogP contribution in [0.3, 0.4) is 0 Å². The average molecular weight is 555 g/mol. The Bertz CT molecular complexity index is 1230. The first-order chi connectivity index (χ1) is 16.2. The molecule has 3 rings (SSSR count). The van der Waals surface area contributed by atoms with Crippen molar-refractivity contribution in [1.82, 2.24) is 30.4 Å². The van der Waals surface area contributed by atoms with Crippen LogP contribution in [0.2, 0.25) is 5.02 Å². The average Bonchev–Trinajstić information content (AvgIpc) is 3.26. The maximum absolute atomic E-state index is 13.0. The molecule has 0 aliphatic rings. The summed E-state index contributed by atoms with van der Waals surface area (Å²) in [6.07, 6.45) is -7.11. The predicted molar refractivity (Wildman–Crippen MR) is 120 cm³/mol. The Balaban J connectivity index is 0.00000456. The highest BCUT2D eigenvalue weighted by Crippen LogP contribution is 2.32. The Morgan fingerprint density at radius 2 is 1.72 bits per heavy atom. The zero-order chi connectivity index (χ0) is 26.0. The van der Waals surface area contributed by atoms with E-state index < -0.39 is 42.3 Å². The summed E-state index contributed by atoms with van der Waals surface area (Å²) >= 11 is 5.72. The summed E-state index contributed by atoms with van der Waals surface area (Å²) < 4.78 is 77.0. The molecule has 0 saturated heterocycles. The van der Waals surface area contributed by atoms with Crippen molar-refractivity contribution in [2.45, 2.75) is 25.3 Å². The molecule has 194 valence electrons. The fourth-order valence-electron chi connectivity index (χ4n) is 2.88. The molecule has 2 aromatic heterocycles. The van der Waals surface area contributed by atoms with E-state index >= 15 is 0 Å². The van der Waals surface area contributed by atoms with Gasteiger partial charge in [0.05, 0.1) is 17.2 Å². The van der Waals surface area contributed by atoms with Crippen molar-refractivity contribution in [2.75, 3.05) is 6.54 Å². The van der Waals surface area contributed by atoms with E-state index in [1.54, 1.807) is 5.32 Å². The molecule has 36 heavy (non-hydrogen) atoms. The third kappa shape index (κ3) is 7.34. The number of amides is 2.